The summed E-state index contributed by atoms with van der Waals surface area (Å²) in [6.45, 7) is 2.16. The van der Waals surface area contributed by atoms with Crippen molar-refractivity contribution in [2.75, 3.05) is 0 Å². The first-order valence-corrected chi connectivity index (χ1v) is 6.26. The molecule has 2 rings (SSSR count). The summed E-state index contributed by atoms with van der Waals surface area (Å²) in [5.41, 5.74) is 8.63. The monoisotopic (exact) mass is 219 g/mol. The van der Waals surface area contributed by atoms with E-state index in [-0.39, 0.29) is 6.17 Å². The molecule has 0 aromatic carbocycles. The van der Waals surface area contributed by atoms with Crippen LogP contribution in [0.1, 0.15) is 49.9 Å². The van der Waals surface area contributed by atoms with Crippen LogP contribution in [0.2, 0.25) is 0 Å². The zero-order valence-electron chi connectivity index (χ0n) is 9.95. The summed E-state index contributed by atoms with van der Waals surface area (Å²) >= 11 is 0. The Kier molecular flexibility index (Phi) is 3.91. The third kappa shape index (κ3) is 2.60. The van der Waals surface area contributed by atoms with E-state index in [4.69, 9.17) is 5.73 Å². The average Bonchev–Trinajstić information content (AvgIpc) is 2.30. The predicted molar refractivity (Wildman–Crippen MR) is 65.9 cm³/mol. The lowest BCUT2D eigenvalue weighted by molar-refractivity contribution is 0.376. The van der Waals surface area contributed by atoms with Gasteiger partial charge in [-0.05, 0) is 37.3 Å². The van der Waals surface area contributed by atoms with E-state index in [2.05, 4.69) is 23.3 Å². The van der Waals surface area contributed by atoms with E-state index in [1.165, 1.54) is 17.7 Å². The fourth-order valence-electron chi connectivity index (χ4n) is 2.42. The molecule has 0 fully saturated rings. The summed E-state index contributed by atoms with van der Waals surface area (Å²) in [5, 5.41) is 3.49. The number of nitrogens with one attached hydrogen (secondary N) is 1. The maximum absolute atomic E-state index is 6.03. The van der Waals surface area contributed by atoms with Crippen molar-refractivity contribution in [2.24, 2.45) is 5.73 Å². The summed E-state index contributed by atoms with van der Waals surface area (Å²) in [4.78, 5) is 4.50. The molecule has 0 spiro atoms. The van der Waals surface area contributed by atoms with Crippen molar-refractivity contribution in [2.45, 2.75) is 51.2 Å². The van der Waals surface area contributed by atoms with Crippen LogP contribution in [0.15, 0.2) is 18.3 Å². The number of fused-ring (bicyclic) bond motifs is 1. The number of hydrogen-bond donors (Lipinski definition) is 2. The summed E-state index contributed by atoms with van der Waals surface area (Å²) in [6.07, 6.45) is 7.67. The molecule has 1 aliphatic carbocycles. The van der Waals surface area contributed by atoms with Crippen LogP contribution in [0, 0.1) is 0 Å². The fourth-order valence-corrected chi connectivity index (χ4v) is 2.42. The van der Waals surface area contributed by atoms with Crippen LogP contribution in [0.25, 0.3) is 0 Å². The number of aryl methyl sites for hydroxylation is 1. The van der Waals surface area contributed by atoms with Gasteiger partial charge < -0.3 is 5.73 Å². The highest BCUT2D eigenvalue weighted by Crippen LogP contribution is 2.27. The third-order valence-electron chi connectivity index (χ3n) is 3.21. The van der Waals surface area contributed by atoms with Gasteiger partial charge in [-0.1, -0.05) is 19.4 Å². The van der Waals surface area contributed by atoms with Gasteiger partial charge in [0.1, 0.15) is 0 Å². The molecule has 3 N–H and O–H groups in total. The molecule has 16 heavy (non-hydrogen) atoms. The van der Waals surface area contributed by atoms with Crippen LogP contribution in [0.5, 0.6) is 0 Å². The molecule has 0 radical (unpaired) electrons. The molecule has 0 amide bonds. The van der Waals surface area contributed by atoms with Crippen LogP contribution in [-0.4, -0.2) is 11.1 Å². The molecule has 88 valence electrons. The Balaban J connectivity index is 2.07. The predicted octanol–water partition coefficient (Wildman–Crippen LogP) is 2.13. The molecule has 3 heteroatoms. The van der Waals surface area contributed by atoms with Crippen molar-refractivity contribution in [3.05, 3.63) is 29.6 Å². The first-order valence-electron chi connectivity index (χ1n) is 6.26. The minimum atomic E-state index is 0.1000. The number of hydrogen-bond acceptors (Lipinski definition) is 3. The zero-order valence-corrected chi connectivity index (χ0v) is 9.95. The van der Waals surface area contributed by atoms with Gasteiger partial charge in [0.2, 0.25) is 0 Å². The second-order valence-electron chi connectivity index (χ2n) is 4.55. The second kappa shape index (κ2) is 5.41. The Morgan fingerprint density at radius 3 is 3.31 bits per heavy atom. The van der Waals surface area contributed by atoms with Crippen LogP contribution in [-0.2, 0) is 6.42 Å². The van der Waals surface area contributed by atoms with Gasteiger partial charge in [0, 0.05) is 6.20 Å². The fraction of sp³-hybridized carbons (Fsp3) is 0.615. The summed E-state index contributed by atoms with van der Waals surface area (Å²) in [5.74, 6) is 0. The number of nitrogens with two attached hydrogens (primary N) is 1. The van der Waals surface area contributed by atoms with Gasteiger partial charge >= 0.3 is 0 Å². The van der Waals surface area contributed by atoms with Crippen LogP contribution >= 0.6 is 0 Å². The highest BCUT2D eigenvalue weighted by atomic mass is 15.1. The molecule has 0 saturated carbocycles. The smallest absolute Gasteiger partial charge is 0.0605 e. The first kappa shape index (κ1) is 11.6. The first-order chi connectivity index (χ1) is 7.81. The van der Waals surface area contributed by atoms with Gasteiger partial charge in [-0.3, -0.25) is 10.3 Å². The van der Waals surface area contributed by atoms with Gasteiger partial charge in [0.25, 0.3) is 0 Å². The molecule has 0 bridgehead atoms. The minimum absolute atomic E-state index is 0.1000. The van der Waals surface area contributed by atoms with E-state index in [0.717, 1.165) is 25.7 Å². The summed E-state index contributed by atoms with van der Waals surface area (Å²) < 4.78 is 0. The van der Waals surface area contributed by atoms with Gasteiger partial charge in [-0.2, -0.15) is 0 Å². The van der Waals surface area contributed by atoms with E-state index in [9.17, 15) is 0 Å². The topological polar surface area (TPSA) is 50.9 Å². The molecule has 1 heterocycles. The molecule has 1 aliphatic rings. The lowest BCUT2D eigenvalue weighted by atomic mass is 9.91. The SMILES string of the molecule is CCCC(N)NC1CCCc2cccnc21. The maximum Gasteiger partial charge on any atom is 0.0605 e. The molecule has 0 aliphatic heterocycles. The highest BCUT2D eigenvalue weighted by Gasteiger charge is 2.22. The highest BCUT2D eigenvalue weighted by molar-refractivity contribution is 5.25. The van der Waals surface area contributed by atoms with Gasteiger partial charge in [0.15, 0.2) is 0 Å². The van der Waals surface area contributed by atoms with E-state index < -0.39 is 0 Å². The number of aromatic nitrogens is 1. The van der Waals surface area contributed by atoms with Crippen LogP contribution in [0.3, 0.4) is 0 Å². The van der Waals surface area contributed by atoms with Crippen molar-refractivity contribution in [1.82, 2.24) is 10.3 Å². The van der Waals surface area contributed by atoms with Crippen LogP contribution < -0.4 is 11.1 Å². The Bertz CT molecular complexity index is 338. The van der Waals surface area contributed by atoms with E-state index in [1.54, 1.807) is 0 Å². The molecule has 3 nitrogen and oxygen atoms in total. The molecular weight excluding hydrogens is 198 g/mol. The number of nitrogens with zero attached hydrogens (tertiary/aromatic N) is 1. The van der Waals surface area contributed by atoms with E-state index >= 15 is 0 Å². The summed E-state index contributed by atoms with van der Waals surface area (Å²) in [7, 11) is 0. The Morgan fingerprint density at radius 2 is 2.50 bits per heavy atom. The lowest BCUT2D eigenvalue weighted by Crippen LogP contribution is -2.41. The quantitative estimate of drug-likeness (QED) is 0.763. The summed E-state index contributed by atoms with van der Waals surface area (Å²) in [6, 6.07) is 4.56. The lowest BCUT2D eigenvalue weighted by Gasteiger charge is -2.27. The Labute approximate surface area is 97.5 Å². The number of rotatable bonds is 4. The zero-order chi connectivity index (χ0) is 11.4. The minimum Gasteiger partial charge on any atom is -0.316 e. The van der Waals surface area contributed by atoms with Crippen molar-refractivity contribution < 1.29 is 0 Å². The standard InChI is InChI=1S/C13H21N3/c1-2-5-12(14)16-11-8-3-6-10-7-4-9-15-13(10)11/h4,7,9,11-12,16H,2-3,5-6,8,14H2,1H3. The molecule has 2 unspecified atom stereocenters. The molecule has 1 aromatic heterocycles. The van der Waals surface area contributed by atoms with Crippen molar-refractivity contribution in [3.8, 4) is 0 Å². The van der Waals surface area contributed by atoms with E-state index in [1.807, 2.05) is 12.3 Å². The maximum atomic E-state index is 6.03. The molecule has 0 saturated heterocycles. The van der Waals surface area contributed by atoms with Gasteiger partial charge in [0.05, 0.1) is 17.9 Å². The van der Waals surface area contributed by atoms with Crippen molar-refractivity contribution in [3.63, 3.8) is 0 Å². The van der Waals surface area contributed by atoms with Gasteiger partial charge in [-0.15, -0.1) is 0 Å². The van der Waals surface area contributed by atoms with Crippen molar-refractivity contribution in [1.29, 1.82) is 0 Å². The van der Waals surface area contributed by atoms with Crippen molar-refractivity contribution >= 4 is 0 Å². The molecule has 2 atom stereocenters. The molecular formula is C13H21N3. The van der Waals surface area contributed by atoms with Gasteiger partial charge in [-0.25, -0.2) is 0 Å². The van der Waals surface area contributed by atoms with E-state index in [0.29, 0.717) is 6.04 Å². The normalized spacial score (nSPS) is 21.5. The molecule has 1 aromatic rings. The van der Waals surface area contributed by atoms with Crippen LogP contribution in [0.4, 0.5) is 0 Å². The Hall–Kier alpha value is -0.930. The Morgan fingerprint density at radius 1 is 1.62 bits per heavy atom. The largest absolute Gasteiger partial charge is 0.316 e. The number of pyridine rings is 1. The average molecular weight is 219 g/mol. The third-order valence-corrected chi connectivity index (χ3v) is 3.21. The second-order valence-corrected chi connectivity index (χ2v) is 4.55.